The lowest BCUT2D eigenvalue weighted by Crippen LogP contribution is -2.34. The van der Waals surface area contributed by atoms with Crippen molar-refractivity contribution >= 4 is 0 Å². The quantitative estimate of drug-likeness (QED) is 0.607. The van der Waals surface area contributed by atoms with Crippen molar-refractivity contribution in [3.63, 3.8) is 0 Å². The van der Waals surface area contributed by atoms with Gasteiger partial charge in [0.15, 0.2) is 0 Å². The van der Waals surface area contributed by atoms with E-state index in [1.54, 1.807) is 7.11 Å². The van der Waals surface area contributed by atoms with Gasteiger partial charge in [-0.15, -0.1) is 0 Å². The van der Waals surface area contributed by atoms with E-state index in [1.165, 1.54) is 25.7 Å². The van der Waals surface area contributed by atoms with Crippen molar-refractivity contribution in [2.24, 2.45) is 5.92 Å². The summed E-state index contributed by atoms with van der Waals surface area (Å²) in [6.45, 7) is 2.26. The van der Waals surface area contributed by atoms with Crippen LogP contribution >= 0.6 is 0 Å². The number of methoxy groups -OCH3 is 1. The second kappa shape index (κ2) is 7.21. The number of rotatable bonds is 7. The summed E-state index contributed by atoms with van der Waals surface area (Å²) in [5.41, 5.74) is 0. The maximum absolute atomic E-state index is 9.12. The van der Waals surface area contributed by atoms with Crippen LogP contribution in [-0.4, -0.2) is 38.0 Å². The molecular formula is C11H23NO2. The van der Waals surface area contributed by atoms with Crippen LogP contribution in [0.25, 0.3) is 0 Å². The number of hydrogen-bond donors (Lipinski definition) is 2. The number of aliphatic hydroxyl groups is 1. The van der Waals surface area contributed by atoms with Gasteiger partial charge in [-0.25, -0.2) is 0 Å². The Kier molecular flexibility index (Phi) is 6.15. The second-order valence-corrected chi connectivity index (χ2v) is 4.13. The van der Waals surface area contributed by atoms with Gasteiger partial charge in [0.2, 0.25) is 0 Å². The summed E-state index contributed by atoms with van der Waals surface area (Å²) >= 11 is 0. The van der Waals surface area contributed by atoms with Crippen LogP contribution in [0.2, 0.25) is 0 Å². The summed E-state index contributed by atoms with van der Waals surface area (Å²) in [4.78, 5) is 0. The van der Waals surface area contributed by atoms with Gasteiger partial charge in [0, 0.05) is 26.4 Å². The average Bonchev–Trinajstić information content (AvgIpc) is 2.65. The number of aliphatic hydroxyl groups excluding tert-OH is 1. The third kappa shape index (κ3) is 3.95. The van der Waals surface area contributed by atoms with Gasteiger partial charge in [0.05, 0.1) is 0 Å². The van der Waals surface area contributed by atoms with Gasteiger partial charge in [-0.2, -0.15) is 0 Å². The first kappa shape index (κ1) is 12.0. The molecule has 0 amide bonds. The van der Waals surface area contributed by atoms with Crippen molar-refractivity contribution in [1.29, 1.82) is 0 Å². The first-order valence-corrected chi connectivity index (χ1v) is 5.71. The maximum atomic E-state index is 9.12. The Morgan fingerprint density at radius 1 is 1.36 bits per heavy atom. The van der Waals surface area contributed by atoms with Crippen LogP contribution in [0.15, 0.2) is 0 Å². The largest absolute Gasteiger partial charge is 0.396 e. The predicted molar refractivity (Wildman–Crippen MR) is 57.3 cm³/mol. The molecule has 1 saturated carbocycles. The lowest BCUT2D eigenvalue weighted by molar-refractivity contribution is 0.188. The Bertz CT molecular complexity index is 141. The van der Waals surface area contributed by atoms with Crippen LogP contribution in [0.5, 0.6) is 0 Å². The van der Waals surface area contributed by atoms with E-state index in [0.29, 0.717) is 18.6 Å². The van der Waals surface area contributed by atoms with Gasteiger partial charge >= 0.3 is 0 Å². The highest BCUT2D eigenvalue weighted by molar-refractivity contribution is 4.82. The Hall–Kier alpha value is -0.120. The molecule has 3 heteroatoms. The molecule has 0 bridgehead atoms. The molecule has 0 aromatic rings. The van der Waals surface area contributed by atoms with Crippen molar-refractivity contribution in [2.45, 2.75) is 38.1 Å². The van der Waals surface area contributed by atoms with Gasteiger partial charge < -0.3 is 15.2 Å². The third-order valence-corrected chi connectivity index (χ3v) is 3.08. The summed E-state index contributed by atoms with van der Waals surface area (Å²) < 4.78 is 4.99. The molecule has 3 nitrogen and oxygen atoms in total. The Morgan fingerprint density at radius 2 is 2.21 bits per heavy atom. The van der Waals surface area contributed by atoms with E-state index in [4.69, 9.17) is 9.84 Å². The lowest BCUT2D eigenvalue weighted by atomic mass is 10.1. The molecular weight excluding hydrogens is 178 g/mol. The smallest absolute Gasteiger partial charge is 0.0474 e. The van der Waals surface area contributed by atoms with Crippen molar-refractivity contribution in [1.82, 2.24) is 5.32 Å². The minimum Gasteiger partial charge on any atom is -0.396 e. The molecule has 1 rings (SSSR count). The average molecular weight is 201 g/mol. The Balaban J connectivity index is 2.00. The molecule has 2 N–H and O–H groups in total. The zero-order valence-electron chi connectivity index (χ0n) is 9.17. The molecule has 14 heavy (non-hydrogen) atoms. The fourth-order valence-electron chi connectivity index (χ4n) is 2.18. The first-order valence-electron chi connectivity index (χ1n) is 5.71. The number of nitrogens with one attached hydrogen (secondary N) is 1. The van der Waals surface area contributed by atoms with Crippen LogP contribution in [0.4, 0.5) is 0 Å². The zero-order chi connectivity index (χ0) is 10.2. The van der Waals surface area contributed by atoms with E-state index in [9.17, 15) is 0 Å². The van der Waals surface area contributed by atoms with E-state index in [1.807, 2.05) is 0 Å². The van der Waals surface area contributed by atoms with E-state index < -0.39 is 0 Å². The summed E-state index contributed by atoms with van der Waals surface area (Å²) in [7, 11) is 1.74. The van der Waals surface area contributed by atoms with Gasteiger partial charge in [-0.3, -0.25) is 0 Å². The molecule has 2 unspecified atom stereocenters. The molecule has 0 radical (unpaired) electrons. The maximum Gasteiger partial charge on any atom is 0.0474 e. The normalized spacial score (nSPS) is 27.0. The standard InChI is InChI=1S/C11H23NO2/c1-14-8-3-2-7-12-11-6-4-5-10(11)9-13/h10-13H,2-9H2,1H3. The summed E-state index contributed by atoms with van der Waals surface area (Å²) in [6.07, 6.45) is 5.98. The number of hydrogen-bond acceptors (Lipinski definition) is 3. The summed E-state index contributed by atoms with van der Waals surface area (Å²) in [5, 5.41) is 12.6. The second-order valence-electron chi connectivity index (χ2n) is 4.13. The number of ether oxygens (including phenoxy) is 1. The van der Waals surface area contributed by atoms with Crippen LogP contribution in [0, 0.1) is 5.92 Å². The molecule has 0 heterocycles. The first-order chi connectivity index (χ1) is 6.88. The highest BCUT2D eigenvalue weighted by Gasteiger charge is 2.25. The van der Waals surface area contributed by atoms with Crippen LogP contribution in [0.3, 0.4) is 0 Å². The summed E-state index contributed by atoms with van der Waals surface area (Å²) in [6, 6.07) is 0.558. The molecule has 0 aromatic carbocycles. The number of unbranched alkanes of at least 4 members (excludes halogenated alkanes) is 1. The molecule has 2 atom stereocenters. The zero-order valence-corrected chi connectivity index (χ0v) is 9.17. The Morgan fingerprint density at radius 3 is 2.93 bits per heavy atom. The van der Waals surface area contributed by atoms with Crippen molar-refractivity contribution in [2.75, 3.05) is 26.9 Å². The van der Waals surface area contributed by atoms with Gasteiger partial charge in [-0.1, -0.05) is 6.42 Å². The molecule has 0 aliphatic heterocycles. The lowest BCUT2D eigenvalue weighted by Gasteiger charge is -2.18. The monoisotopic (exact) mass is 201 g/mol. The van der Waals surface area contributed by atoms with Gasteiger partial charge in [0.25, 0.3) is 0 Å². The minimum atomic E-state index is 0.343. The minimum absolute atomic E-state index is 0.343. The van der Waals surface area contributed by atoms with Crippen molar-refractivity contribution in [3.8, 4) is 0 Å². The predicted octanol–water partition coefficient (Wildman–Crippen LogP) is 1.16. The van der Waals surface area contributed by atoms with E-state index in [-0.39, 0.29) is 0 Å². The molecule has 0 spiro atoms. The van der Waals surface area contributed by atoms with E-state index >= 15 is 0 Å². The molecule has 0 aromatic heterocycles. The van der Waals surface area contributed by atoms with Crippen LogP contribution < -0.4 is 5.32 Å². The molecule has 1 aliphatic carbocycles. The molecule has 0 saturated heterocycles. The van der Waals surface area contributed by atoms with E-state index in [2.05, 4.69) is 5.32 Å². The molecule has 84 valence electrons. The van der Waals surface area contributed by atoms with Crippen molar-refractivity contribution < 1.29 is 9.84 Å². The van der Waals surface area contributed by atoms with Crippen LogP contribution in [0.1, 0.15) is 32.1 Å². The fourth-order valence-corrected chi connectivity index (χ4v) is 2.18. The van der Waals surface area contributed by atoms with E-state index in [0.717, 1.165) is 19.6 Å². The SMILES string of the molecule is COCCCCNC1CCCC1CO. The van der Waals surface area contributed by atoms with Gasteiger partial charge in [0.1, 0.15) is 0 Å². The summed E-state index contributed by atoms with van der Waals surface area (Å²) in [5.74, 6) is 0.498. The fraction of sp³-hybridized carbons (Fsp3) is 1.00. The van der Waals surface area contributed by atoms with Gasteiger partial charge in [-0.05, 0) is 38.1 Å². The van der Waals surface area contributed by atoms with Crippen molar-refractivity contribution in [3.05, 3.63) is 0 Å². The molecule has 1 aliphatic rings. The van der Waals surface area contributed by atoms with Crippen LogP contribution in [-0.2, 0) is 4.74 Å². The molecule has 1 fully saturated rings. The highest BCUT2D eigenvalue weighted by atomic mass is 16.5. The third-order valence-electron chi connectivity index (χ3n) is 3.08. The topological polar surface area (TPSA) is 41.5 Å². The Labute approximate surface area is 86.8 Å². The highest BCUT2D eigenvalue weighted by Crippen LogP contribution is 2.24.